The van der Waals surface area contributed by atoms with Crippen LogP contribution in [0.1, 0.15) is 26.7 Å². The Morgan fingerprint density at radius 1 is 0.765 bits per heavy atom. The van der Waals surface area contributed by atoms with E-state index in [0.29, 0.717) is 25.0 Å². The van der Waals surface area contributed by atoms with Gasteiger partial charge in [-0.15, -0.1) is 0 Å². The molecule has 0 saturated heterocycles. The molecular weight excluding hydrogens is 707 g/mol. The van der Waals surface area contributed by atoms with Crippen LogP contribution in [0.25, 0.3) is 21.8 Å². The van der Waals surface area contributed by atoms with Crippen molar-refractivity contribution in [3.8, 4) is 0 Å². The number of amides is 2. The molecule has 0 fully saturated rings. The van der Waals surface area contributed by atoms with Crippen molar-refractivity contribution < 1.29 is 49.2 Å². The second-order valence-corrected chi connectivity index (χ2v) is 13.5. The topological polar surface area (TPSA) is 146 Å². The zero-order chi connectivity index (χ0) is 38.3. The average Bonchev–Trinajstić information content (AvgIpc) is 2.98. The van der Waals surface area contributed by atoms with Crippen LogP contribution in [0.4, 0.5) is 46.1 Å². The van der Waals surface area contributed by atoms with Gasteiger partial charge in [0.2, 0.25) is 5.96 Å². The minimum absolute atomic E-state index is 0.258. The number of aliphatic imine (C=N–C) groups is 1. The number of alkyl carbamates (subject to hydrolysis) is 2. The summed E-state index contributed by atoms with van der Waals surface area (Å²) < 4.78 is 69.3. The van der Waals surface area contributed by atoms with Crippen molar-refractivity contribution in [3.63, 3.8) is 0 Å². The number of halogens is 6. The fraction of sp³-hybridized carbons (Fsp3) is 0.452. The summed E-state index contributed by atoms with van der Waals surface area (Å²) in [7, 11) is -2.61. The summed E-state index contributed by atoms with van der Waals surface area (Å²) in [5, 5.41) is 13.8. The number of pyridine rings is 1. The number of carbonyl (C=O) groups is 2. The zero-order valence-electron chi connectivity index (χ0n) is 29.3. The predicted octanol–water partition coefficient (Wildman–Crippen LogP) is 5.78. The minimum atomic E-state index is -10.7. The Kier molecular flexibility index (Phi) is 15.2. The molecule has 0 aliphatic rings. The first-order valence-electron chi connectivity index (χ1n) is 15.9. The molecule has 5 N–H and O–H groups in total. The van der Waals surface area contributed by atoms with E-state index in [2.05, 4.69) is 47.1 Å². The molecule has 0 spiro atoms. The summed E-state index contributed by atoms with van der Waals surface area (Å²) in [6, 6.07) is 13.7. The van der Waals surface area contributed by atoms with Crippen LogP contribution in [0.3, 0.4) is 0 Å². The third-order valence-corrected chi connectivity index (χ3v) is 6.26. The molecule has 0 saturated carbocycles. The number of guanidine groups is 2. The van der Waals surface area contributed by atoms with E-state index in [0.717, 1.165) is 59.1 Å². The van der Waals surface area contributed by atoms with Gasteiger partial charge in [0.25, 0.3) is 0 Å². The van der Waals surface area contributed by atoms with Crippen LogP contribution >= 0.6 is 7.81 Å². The molecule has 286 valence electrons. The molecular formula is C31H46F6N9O4P. The van der Waals surface area contributed by atoms with Crippen LogP contribution in [-0.4, -0.2) is 106 Å². The molecule has 13 nitrogen and oxygen atoms in total. The first-order chi connectivity index (χ1) is 23.6. The van der Waals surface area contributed by atoms with Gasteiger partial charge >= 0.3 is 51.1 Å². The first kappa shape index (κ1) is 42.7. The Morgan fingerprint density at radius 3 is 1.76 bits per heavy atom. The molecule has 0 radical (unpaired) electrons. The molecule has 0 aliphatic carbocycles. The van der Waals surface area contributed by atoms with Gasteiger partial charge in [0.15, 0.2) is 0 Å². The SMILES string of the molecule is CCOC(=O)NC(=NCCCN(C)C)Nc1ccc2cc3ccc(NC(NC(=O)OCC)=[NH+]CCCN(C)C)cc3nc2c1.F[P-](F)(F)(F)(F)F. The van der Waals surface area contributed by atoms with Crippen LogP contribution in [0.5, 0.6) is 0 Å². The fourth-order valence-electron chi connectivity index (χ4n) is 4.21. The second-order valence-electron chi connectivity index (χ2n) is 11.5. The van der Waals surface area contributed by atoms with Gasteiger partial charge in [-0.1, -0.05) is 6.07 Å². The quantitative estimate of drug-likeness (QED) is 0.0388. The summed E-state index contributed by atoms with van der Waals surface area (Å²) in [5.74, 6) is 0.740. The van der Waals surface area contributed by atoms with Crippen molar-refractivity contribution in [2.24, 2.45) is 4.99 Å². The Morgan fingerprint density at radius 2 is 1.25 bits per heavy atom. The molecule has 0 unspecified atom stereocenters. The third kappa shape index (κ3) is 20.1. The van der Waals surface area contributed by atoms with Crippen molar-refractivity contribution in [2.45, 2.75) is 26.7 Å². The number of benzene rings is 2. The molecule has 3 aromatic rings. The molecule has 1 aromatic heterocycles. The molecule has 2 aromatic carbocycles. The molecule has 0 aliphatic heterocycles. The number of rotatable bonds is 12. The van der Waals surface area contributed by atoms with Gasteiger partial charge in [-0.25, -0.2) is 19.9 Å². The maximum atomic E-state index is 12.1. The predicted molar refractivity (Wildman–Crippen MR) is 190 cm³/mol. The Hall–Kier alpha value is -4.48. The van der Waals surface area contributed by atoms with Gasteiger partial charge < -0.3 is 24.6 Å². The maximum absolute atomic E-state index is 12.1. The van der Waals surface area contributed by atoms with Crippen molar-refractivity contribution in [2.75, 3.05) is 78.2 Å². The number of nitrogens with one attached hydrogen (secondary N) is 5. The summed E-state index contributed by atoms with van der Waals surface area (Å²) in [6.45, 7) is 7.02. The van der Waals surface area contributed by atoms with E-state index in [-0.39, 0.29) is 13.2 Å². The van der Waals surface area contributed by atoms with Crippen molar-refractivity contribution in [1.82, 2.24) is 25.4 Å². The van der Waals surface area contributed by atoms with E-state index in [9.17, 15) is 34.8 Å². The summed E-state index contributed by atoms with van der Waals surface area (Å²) in [5.41, 5.74) is 3.00. The van der Waals surface area contributed by atoms with Crippen LogP contribution < -0.4 is 26.3 Å². The summed E-state index contributed by atoms with van der Waals surface area (Å²) in [6.07, 6.45) is 0.613. The van der Waals surface area contributed by atoms with E-state index in [1.165, 1.54) is 0 Å². The van der Waals surface area contributed by atoms with Crippen LogP contribution in [0.15, 0.2) is 47.5 Å². The van der Waals surface area contributed by atoms with E-state index in [1.54, 1.807) is 13.8 Å². The van der Waals surface area contributed by atoms with Gasteiger partial charge in [0.05, 0.1) is 30.8 Å². The number of aromatic nitrogens is 1. The third-order valence-electron chi connectivity index (χ3n) is 6.26. The van der Waals surface area contributed by atoms with Crippen molar-refractivity contribution in [1.29, 1.82) is 0 Å². The van der Waals surface area contributed by atoms with Gasteiger partial charge in [0, 0.05) is 35.6 Å². The number of hydrogen-bond donors (Lipinski definition) is 5. The van der Waals surface area contributed by atoms with Crippen molar-refractivity contribution >= 4 is 65.1 Å². The van der Waals surface area contributed by atoms with E-state index in [4.69, 9.17) is 14.5 Å². The number of anilines is 2. The van der Waals surface area contributed by atoms with Gasteiger partial charge in [0.1, 0.15) is 5.69 Å². The normalized spacial score (nSPS) is 13.6. The number of nitrogens with zero attached hydrogens (tertiary/aromatic N) is 4. The second kappa shape index (κ2) is 18.1. The number of ether oxygens (including phenoxy) is 2. The molecule has 20 heteroatoms. The summed E-state index contributed by atoms with van der Waals surface area (Å²) >= 11 is 0. The fourth-order valence-corrected chi connectivity index (χ4v) is 4.21. The Labute approximate surface area is 292 Å². The zero-order valence-corrected chi connectivity index (χ0v) is 30.2. The van der Waals surface area contributed by atoms with E-state index < -0.39 is 20.0 Å². The molecule has 2 amide bonds. The Balaban J connectivity index is 0.00000116. The number of fused-ring (bicyclic) bond motifs is 2. The molecule has 1 heterocycles. The van der Waals surface area contributed by atoms with E-state index >= 15 is 0 Å². The monoisotopic (exact) mass is 753 g/mol. The van der Waals surface area contributed by atoms with Gasteiger partial charge in [-0.05, 0) is 91.8 Å². The molecule has 51 heavy (non-hydrogen) atoms. The van der Waals surface area contributed by atoms with Crippen LogP contribution in [0.2, 0.25) is 0 Å². The Bertz CT molecular complexity index is 1580. The molecule has 0 bridgehead atoms. The average molecular weight is 754 g/mol. The molecule has 3 rings (SSSR count). The van der Waals surface area contributed by atoms with Gasteiger partial charge in [-0.3, -0.25) is 15.3 Å². The standard InChI is InChI=1S/C31H45N9O4.F6P/c1-7-43-30(41)37-28(32-15-9-17-39(3)4)34-24-13-11-22-19-23-12-14-25(21-27(23)36-26(22)20-24)35-29(38-31(42)44-8-2)33-16-10-18-40(5)6;1-7(2,3,4,5)6/h11-14,19-21H,7-10,15-18H2,1-6H3,(H2,32,34,37,41)(H2,33,35,38,42);/q;-1/p+1. The first-order valence-corrected chi connectivity index (χ1v) is 17.9. The number of hydrogen-bond acceptors (Lipinski definition) is 8. The van der Waals surface area contributed by atoms with E-state index in [1.807, 2.05) is 64.6 Å². The van der Waals surface area contributed by atoms with Crippen molar-refractivity contribution in [3.05, 3.63) is 42.5 Å². The van der Waals surface area contributed by atoms with Gasteiger partial charge in [-0.2, -0.15) is 5.32 Å². The number of carbonyl (C=O) groups excluding carboxylic acids is 2. The van der Waals surface area contributed by atoms with Crippen LogP contribution in [0, 0.1) is 0 Å². The van der Waals surface area contributed by atoms with Crippen LogP contribution in [-0.2, 0) is 9.47 Å². The molecule has 0 atom stereocenters. The summed E-state index contributed by atoms with van der Waals surface area (Å²) in [4.78, 5) is 41.1.